The zero-order chi connectivity index (χ0) is 28.3. The van der Waals surface area contributed by atoms with Crippen LogP contribution >= 0.6 is 21.6 Å². The second kappa shape index (κ2) is 11.4. The lowest BCUT2D eigenvalue weighted by Gasteiger charge is -2.54. The van der Waals surface area contributed by atoms with Crippen molar-refractivity contribution in [1.82, 2.24) is 4.90 Å². The maximum absolute atomic E-state index is 12.6. The van der Waals surface area contributed by atoms with Crippen LogP contribution in [0.1, 0.15) is 90.9 Å². The molecule has 0 aromatic heterocycles. The number of piperidine rings is 1. The lowest BCUT2D eigenvalue weighted by Crippen LogP contribution is -2.62. The minimum Gasteiger partial charge on any atom is -0.492 e. The Kier molecular flexibility index (Phi) is 8.00. The molecule has 5 heterocycles. The third-order valence-corrected chi connectivity index (χ3v) is 14.3. The summed E-state index contributed by atoms with van der Waals surface area (Å²) in [4.78, 5) is 15.4. The minimum atomic E-state index is -0.349. The minimum absolute atomic E-state index is 0.0371. The molecule has 7 rings (SSSR count). The first-order chi connectivity index (χ1) is 19.9. The molecule has 0 bridgehead atoms. The van der Waals surface area contributed by atoms with Crippen molar-refractivity contribution < 1.29 is 24.1 Å². The van der Waals surface area contributed by atoms with Gasteiger partial charge < -0.3 is 19.3 Å². The van der Waals surface area contributed by atoms with Crippen LogP contribution in [0.2, 0.25) is 0 Å². The third kappa shape index (κ3) is 4.82. The van der Waals surface area contributed by atoms with Gasteiger partial charge in [-0.15, -0.1) is 0 Å². The quantitative estimate of drug-likeness (QED) is 0.256. The summed E-state index contributed by atoms with van der Waals surface area (Å²) in [6.45, 7) is 4.01. The Morgan fingerprint density at radius 1 is 0.976 bits per heavy atom. The van der Waals surface area contributed by atoms with Crippen LogP contribution in [0.25, 0.3) is 0 Å². The molecule has 226 valence electrons. The van der Waals surface area contributed by atoms with Crippen LogP contribution in [0.5, 0.6) is 0 Å². The molecule has 3 saturated heterocycles. The van der Waals surface area contributed by atoms with E-state index in [1.165, 1.54) is 57.1 Å². The summed E-state index contributed by atoms with van der Waals surface area (Å²) in [5.41, 5.74) is 0.540. The number of hydrogen-bond acceptors (Lipinski definition) is 8. The largest absolute Gasteiger partial charge is 0.492 e. The topological polar surface area (TPSA) is 68.2 Å². The number of fused-ring (bicyclic) bond motifs is 4. The molecule has 1 N–H and O–H groups in total. The van der Waals surface area contributed by atoms with Crippen molar-refractivity contribution in [2.24, 2.45) is 29.1 Å². The summed E-state index contributed by atoms with van der Waals surface area (Å²) < 4.78 is 18.3. The summed E-state index contributed by atoms with van der Waals surface area (Å²) in [6, 6.07) is 0.891. The summed E-state index contributed by atoms with van der Waals surface area (Å²) in [7, 11) is 5.80. The predicted molar refractivity (Wildman–Crippen MR) is 164 cm³/mol. The molecular weight excluding hydrogens is 554 g/mol. The van der Waals surface area contributed by atoms with E-state index in [9.17, 15) is 9.90 Å². The van der Waals surface area contributed by atoms with Crippen molar-refractivity contribution in [2.75, 3.05) is 18.6 Å². The summed E-state index contributed by atoms with van der Waals surface area (Å²) in [5.74, 6) is 6.42. The molecule has 2 aliphatic carbocycles. The number of hydrogen-bond donors (Lipinski definition) is 1. The van der Waals surface area contributed by atoms with Gasteiger partial charge in [-0.2, -0.15) is 0 Å². The first-order valence-electron chi connectivity index (χ1n) is 16.2. The van der Waals surface area contributed by atoms with E-state index in [0.717, 1.165) is 48.9 Å². The second-order valence-electron chi connectivity index (χ2n) is 13.8. The summed E-state index contributed by atoms with van der Waals surface area (Å²) in [5, 5.41) is 12.1. The molecule has 41 heavy (non-hydrogen) atoms. The number of carbonyl (C=O) groups is 1. The molecule has 1 spiro atoms. The number of methoxy groups -OCH3 is 1. The van der Waals surface area contributed by atoms with E-state index in [-0.39, 0.29) is 35.4 Å². The second-order valence-corrected chi connectivity index (χ2v) is 16.4. The Hall–Kier alpha value is -1.09. The van der Waals surface area contributed by atoms with E-state index in [1.54, 1.807) is 14.0 Å². The van der Waals surface area contributed by atoms with Crippen molar-refractivity contribution in [3.8, 4) is 0 Å². The van der Waals surface area contributed by atoms with Crippen LogP contribution in [0.15, 0.2) is 34.7 Å². The number of nitrogens with zero attached hydrogens (tertiary/aromatic N) is 1. The van der Waals surface area contributed by atoms with E-state index >= 15 is 0 Å². The SMILES string of the molecule is COC1=C(C)C(=O)OC1=C1OC2=CC3(CCCCC3)C3CSSCC4CCCC4CC(O)C4CCCC(C2C1C)N43. The summed E-state index contributed by atoms with van der Waals surface area (Å²) >= 11 is 0. The predicted octanol–water partition coefficient (Wildman–Crippen LogP) is 6.96. The van der Waals surface area contributed by atoms with Gasteiger partial charge >= 0.3 is 5.97 Å². The van der Waals surface area contributed by atoms with Gasteiger partial charge in [0, 0.05) is 46.9 Å². The molecule has 5 aliphatic heterocycles. The van der Waals surface area contributed by atoms with Crippen LogP contribution in [0, 0.1) is 29.1 Å². The number of cyclic esters (lactones) is 1. The highest BCUT2D eigenvalue weighted by molar-refractivity contribution is 8.76. The maximum Gasteiger partial charge on any atom is 0.343 e. The van der Waals surface area contributed by atoms with Crippen LogP contribution in [-0.2, 0) is 19.0 Å². The van der Waals surface area contributed by atoms with E-state index in [4.69, 9.17) is 14.2 Å². The molecule has 6 nitrogen and oxygen atoms in total. The number of esters is 1. The average molecular weight is 602 g/mol. The normalized spacial score (nSPS) is 42.8. The molecule has 0 amide bonds. The number of aliphatic hydroxyl groups excluding tert-OH is 1. The molecule has 2 saturated carbocycles. The Labute approximate surface area is 253 Å². The number of rotatable bonds is 1. The van der Waals surface area contributed by atoms with Gasteiger partial charge in [0.2, 0.25) is 5.76 Å². The fraction of sp³-hybridized carbons (Fsp3) is 0.788. The fourth-order valence-electron chi connectivity index (χ4n) is 9.76. The number of allylic oxidation sites excluding steroid dienone is 1. The van der Waals surface area contributed by atoms with E-state index in [2.05, 4.69) is 39.5 Å². The first kappa shape index (κ1) is 28.7. The Morgan fingerprint density at radius 3 is 2.51 bits per heavy atom. The van der Waals surface area contributed by atoms with E-state index in [1.807, 2.05) is 0 Å². The number of ether oxygens (including phenoxy) is 3. The van der Waals surface area contributed by atoms with Gasteiger partial charge in [0.25, 0.3) is 0 Å². The zero-order valence-electron chi connectivity index (χ0n) is 24.9. The van der Waals surface area contributed by atoms with E-state index in [0.29, 0.717) is 35.1 Å². The van der Waals surface area contributed by atoms with Crippen molar-refractivity contribution in [1.29, 1.82) is 0 Å². The van der Waals surface area contributed by atoms with Crippen LogP contribution in [0.3, 0.4) is 0 Å². The van der Waals surface area contributed by atoms with Crippen LogP contribution in [-0.4, -0.2) is 58.8 Å². The van der Waals surface area contributed by atoms with Gasteiger partial charge in [0.15, 0.2) is 11.5 Å². The van der Waals surface area contributed by atoms with Gasteiger partial charge in [-0.1, -0.05) is 67.0 Å². The van der Waals surface area contributed by atoms with Crippen LogP contribution < -0.4 is 0 Å². The fourth-order valence-corrected chi connectivity index (χ4v) is 12.7. The Balaban J connectivity index is 1.34. The van der Waals surface area contributed by atoms with Gasteiger partial charge in [-0.3, -0.25) is 4.90 Å². The first-order valence-corrected chi connectivity index (χ1v) is 18.7. The lowest BCUT2D eigenvalue weighted by molar-refractivity contribution is -0.133. The average Bonchev–Trinajstić information content (AvgIpc) is 3.60. The number of carbonyl (C=O) groups excluding carboxylic acids is 1. The van der Waals surface area contributed by atoms with Gasteiger partial charge in [0.05, 0.1) is 18.8 Å². The van der Waals surface area contributed by atoms with Gasteiger partial charge in [-0.25, -0.2) is 4.79 Å². The number of aliphatic hydroxyl groups is 1. The molecule has 5 fully saturated rings. The molecule has 0 aromatic rings. The zero-order valence-corrected chi connectivity index (χ0v) is 26.6. The van der Waals surface area contributed by atoms with Crippen molar-refractivity contribution in [3.05, 3.63) is 34.7 Å². The molecule has 8 unspecified atom stereocenters. The molecule has 7 aliphatic rings. The van der Waals surface area contributed by atoms with Crippen molar-refractivity contribution >= 4 is 27.6 Å². The van der Waals surface area contributed by atoms with Gasteiger partial charge in [0.1, 0.15) is 5.76 Å². The highest BCUT2D eigenvalue weighted by Crippen LogP contribution is 2.57. The Bertz CT molecular complexity index is 1140. The molecular formula is C33H47NO5S2. The van der Waals surface area contributed by atoms with Crippen molar-refractivity contribution in [2.45, 2.75) is 115 Å². The maximum atomic E-state index is 12.6. The van der Waals surface area contributed by atoms with Crippen molar-refractivity contribution in [3.63, 3.8) is 0 Å². The smallest absolute Gasteiger partial charge is 0.343 e. The standard InChI is InChI=1S/C33H47NO5S2/c1-19-28-24-12-8-11-23-25(35)15-21-9-7-10-22(21)17-40-41-18-27(34(23)24)33(13-5-4-6-14-33)16-26(28)38-30(19)31-29(37-3)20(2)32(36)39-31/h16,19,21-25,27-28,35H,4-15,17-18H2,1-3H3. The third-order valence-electron chi connectivity index (χ3n) is 11.8. The molecule has 8 atom stereocenters. The molecule has 0 radical (unpaired) electrons. The monoisotopic (exact) mass is 601 g/mol. The molecule has 8 heteroatoms. The Morgan fingerprint density at radius 2 is 1.71 bits per heavy atom. The summed E-state index contributed by atoms with van der Waals surface area (Å²) in [6.07, 6.45) is 16.6. The van der Waals surface area contributed by atoms with Crippen LogP contribution in [0.4, 0.5) is 0 Å². The lowest BCUT2D eigenvalue weighted by atomic mass is 9.68. The molecule has 0 aromatic carbocycles. The van der Waals surface area contributed by atoms with Gasteiger partial charge in [-0.05, 0) is 63.4 Å². The highest BCUT2D eigenvalue weighted by atomic mass is 33.1. The highest BCUT2D eigenvalue weighted by Gasteiger charge is 2.57. The van der Waals surface area contributed by atoms with E-state index < -0.39 is 0 Å².